The van der Waals surface area contributed by atoms with Crippen LogP contribution < -0.4 is 14.8 Å². The van der Waals surface area contributed by atoms with Crippen molar-refractivity contribution in [2.45, 2.75) is 38.8 Å². The van der Waals surface area contributed by atoms with Crippen molar-refractivity contribution in [3.63, 3.8) is 0 Å². The fraction of sp³-hybridized carbons (Fsp3) is 0.241. The van der Waals surface area contributed by atoms with Crippen LogP contribution in [0.3, 0.4) is 0 Å². The van der Waals surface area contributed by atoms with Gasteiger partial charge in [0.25, 0.3) is 0 Å². The minimum atomic E-state index is -0.102. The Morgan fingerprint density at radius 2 is 2.06 bits per heavy atom. The first-order valence-corrected chi connectivity index (χ1v) is 11.6. The lowest BCUT2D eigenvalue weighted by molar-refractivity contribution is -0.117. The molecule has 0 saturated heterocycles. The highest BCUT2D eigenvalue weighted by Gasteiger charge is 2.19. The molecule has 1 amide bonds. The lowest BCUT2D eigenvalue weighted by Gasteiger charge is -2.12. The van der Waals surface area contributed by atoms with Gasteiger partial charge in [-0.3, -0.25) is 9.78 Å². The summed E-state index contributed by atoms with van der Waals surface area (Å²) in [4.78, 5) is 16.7. The predicted octanol–water partition coefficient (Wildman–Crippen LogP) is 5.50. The van der Waals surface area contributed by atoms with Gasteiger partial charge in [0, 0.05) is 30.1 Å². The minimum absolute atomic E-state index is 0.0958. The number of methoxy groups -OCH3 is 1. The van der Waals surface area contributed by atoms with Gasteiger partial charge in [0.15, 0.2) is 0 Å². The van der Waals surface area contributed by atoms with E-state index in [2.05, 4.69) is 28.5 Å². The number of allylic oxidation sites excluding steroid dienone is 2. The molecule has 1 N–H and O–H groups in total. The zero-order valence-electron chi connectivity index (χ0n) is 19.7. The number of benzene rings is 2. The Labute approximate surface area is 201 Å². The monoisotopic (exact) mass is 454 g/mol. The van der Waals surface area contributed by atoms with Crippen LogP contribution in [0.4, 0.5) is 0 Å². The first-order valence-electron chi connectivity index (χ1n) is 11.6. The van der Waals surface area contributed by atoms with Crippen LogP contribution in [-0.2, 0) is 17.8 Å². The van der Waals surface area contributed by atoms with E-state index >= 15 is 0 Å². The third-order valence-corrected chi connectivity index (χ3v) is 5.89. The van der Waals surface area contributed by atoms with Crippen LogP contribution in [0.25, 0.3) is 5.57 Å². The maximum absolute atomic E-state index is 12.5. The van der Waals surface area contributed by atoms with Crippen LogP contribution in [0.15, 0.2) is 85.2 Å². The molecule has 1 atom stereocenters. The molecule has 1 unspecified atom stereocenters. The number of rotatable bonds is 8. The van der Waals surface area contributed by atoms with Crippen molar-refractivity contribution in [3.8, 4) is 11.5 Å². The number of amides is 1. The summed E-state index contributed by atoms with van der Waals surface area (Å²) in [6.45, 7) is 2.53. The molecule has 1 aliphatic rings. The molecule has 0 radical (unpaired) electrons. The Morgan fingerprint density at radius 3 is 2.88 bits per heavy atom. The van der Waals surface area contributed by atoms with E-state index in [-0.39, 0.29) is 11.9 Å². The average Bonchev–Trinajstić information content (AvgIpc) is 3.01. The molecule has 0 bridgehead atoms. The second-order valence-electron chi connectivity index (χ2n) is 8.41. The number of carbonyl (C=O) groups excluding carboxylic acids is 1. The molecule has 34 heavy (non-hydrogen) atoms. The summed E-state index contributed by atoms with van der Waals surface area (Å²) in [6.07, 6.45) is 11.9. The molecule has 5 heteroatoms. The summed E-state index contributed by atoms with van der Waals surface area (Å²) in [6, 6.07) is 18.1. The summed E-state index contributed by atoms with van der Waals surface area (Å²) >= 11 is 0. The minimum Gasteiger partial charge on any atom is -0.497 e. The third-order valence-electron chi connectivity index (χ3n) is 5.89. The van der Waals surface area contributed by atoms with Gasteiger partial charge in [-0.05, 0) is 72.7 Å². The van der Waals surface area contributed by atoms with E-state index in [1.807, 2.05) is 55.6 Å². The highest BCUT2D eigenvalue weighted by Crippen LogP contribution is 2.38. The van der Waals surface area contributed by atoms with E-state index in [9.17, 15) is 4.79 Å². The van der Waals surface area contributed by atoms with Gasteiger partial charge in [0.05, 0.1) is 7.11 Å². The van der Waals surface area contributed by atoms with Crippen LogP contribution >= 0.6 is 0 Å². The Hall–Kier alpha value is -3.86. The summed E-state index contributed by atoms with van der Waals surface area (Å²) in [5.41, 5.74) is 5.35. The quantitative estimate of drug-likeness (QED) is 0.457. The number of fused-ring (bicyclic) bond motifs is 2. The van der Waals surface area contributed by atoms with Gasteiger partial charge >= 0.3 is 0 Å². The first-order chi connectivity index (χ1) is 16.6. The number of nitrogens with zero attached hydrogens (tertiary/aromatic N) is 1. The normalized spacial score (nSPS) is 14.6. The molecule has 0 fully saturated rings. The molecule has 174 valence electrons. The van der Waals surface area contributed by atoms with Gasteiger partial charge in [0.2, 0.25) is 5.91 Å². The molecule has 1 aromatic heterocycles. The van der Waals surface area contributed by atoms with Crippen LogP contribution in [0, 0.1) is 0 Å². The Bertz CT molecular complexity index is 1180. The van der Waals surface area contributed by atoms with Crippen molar-refractivity contribution < 1.29 is 14.3 Å². The van der Waals surface area contributed by atoms with E-state index in [0.29, 0.717) is 6.61 Å². The van der Waals surface area contributed by atoms with Crippen LogP contribution in [0.1, 0.15) is 42.0 Å². The molecule has 3 aromatic rings. The SMILES string of the molecule is COc1ccc2c(c1)/C(=C/C=C/C(=O)NC(C)CCCc1cccnc1)c1ccccc1CO2. The Balaban J connectivity index is 1.44. The van der Waals surface area contributed by atoms with E-state index in [1.165, 1.54) is 5.56 Å². The number of hydrogen-bond donors (Lipinski definition) is 1. The number of carbonyl (C=O) groups is 1. The molecule has 5 nitrogen and oxygen atoms in total. The van der Waals surface area contributed by atoms with Crippen molar-refractivity contribution >= 4 is 11.5 Å². The number of hydrogen-bond acceptors (Lipinski definition) is 4. The Kier molecular flexibility index (Phi) is 7.76. The highest BCUT2D eigenvalue weighted by atomic mass is 16.5. The zero-order chi connectivity index (χ0) is 23.8. The summed E-state index contributed by atoms with van der Waals surface area (Å²) in [7, 11) is 1.65. The smallest absolute Gasteiger partial charge is 0.244 e. The van der Waals surface area contributed by atoms with Crippen molar-refractivity contribution in [1.29, 1.82) is 0 Å². The zero-order valence-corrected chi connectivity index (χ0v) is 19.7. The average molecular weight is 455 g/mol. The number of ether oxygens (including phenoxy) is 2. The predicted molar refractivity (Wildman–Crippen MR) is 135 cm³/mol. The van der Waals surface area contributed by atoms with Crippen LogP contribution in [-0.4, -0.2) is 24.0 Å². The van der Waals surface area contributed by atoms with Crippen molar-refractivity contribution in [1.82, 2.24) is 10.3 Å². The molecular formula is C29H30N2O3. The van der Waals surface area contributed by atoms with Crippen molar-refractivity contribution in [2.75, 3.05) is 7.11 Å². The Morgan fingerprint density at radius 1 is 1.18 bits per heavy atom. The molecule has 0 aliphatic carbocycles. The topological polar surface area (TPSA) is 60.5 Å². The second-order valence-corrected chi connectivity index (χ2v) is 8.41. The third kappa shape index (κ3) is 5.93. The van der Waals surface area contributed by atoms with E-state index in [4.69, 9.17) is 9.47 Å². The molecule has 2 heterocycles. The largest absolute Gasteiger partial charge is 0.497 e. The summed E-state index contributed by atoms with van der Waals surface area (Å²) in [5.74, 6) is 1.45. The van der Waals surface area contributed by atoms with Crippen LogP contribution in [0.2, 0.25) is 0 Å². The molecule has 0 spiro atoms. The van der Waals surface area contributed by atoms with Gasteiger partial charge in [-0.25, -0.2) is 0 Å². The number of aryl methyl sites for hydroxylation is 1. The number of nitrogens with one attached hydrogen (secondary N) is 1. The van der Waals surface area contributed by atoms with Crippen molar-refractivity contribution in [3.05, 3.63) is 107 Å². The fourth-order valence-electron chi connectivity index (χ4n) is 4.11. The van der Waals surface area contributed by atoms with Gasteiger partial charge in [-0.15, -0.1) is 0 Å². The fourth-order valence-corrected chi connectivity index (χ4v) is 4.11. The van der Waals surface area contributed by atoms with Gasteiger partial charge in [0.1, 0.15) is 18.1 Å². The van der Waals surface area contributed by atoms with E-state index in [0.717, 1.165) is 53.0 Å². The molecular weight excluding hydrogens is 424 g/mol. The maximum Gasteiger partial charge on any atom is 0.244 e. The lowest BCUT2D eigenvalue weighted by Crippen LogP contribution is -2.31. The standard InChI is InChI=1S/C29H30N2O3/c1-21(8-5-9-22-10-7-17-30-19-22)31-29(32)14-6-13-26-25-12-4-3-11-23(25)20-34-28-16-15-24(33-2)18-27(26)28/h3-4,6-7,10-19,21H,5,8-9,20H2,1-2H3,(H,31,32)/b14-6+,26-13+. The van der Waals surface area contributed by atoms with E-state index < -0.39 is 0 Å². The first kappa shape index (κ1) is 23.3. The highest BCUT2D eigenvalue weighted by molar-refractivity contribution is 5.90. The second kappa shape index (κ2) is 11.3. The van der Waals surface area contributed by atoms with Gasteiger partial charge in [-0.1, -0.05) is 42.5 Å². The number of aromatic nitrogens is 1. The number of pyridine rings is 1. The van der Waals surface area contributed by atoms with Gasteiger partial charge in [-0.2, -0.15) is 0 Å². The van der Waals surface area contributed by atoms with Crippen molar-refractivity contribution in [2.24, 2.45) is 0 Å². The van der Waals surface area contributed by atoms with Crippen LogP contribution in [0.5, 0.6) is 11.5 Å². The lowest BCUT2D eigenvalue weighted by atomic mass is 9.94. The molecule has 1 aliphatic heterocycles. The maximum atomic E-state index is 12.5. The summed E-state index contributed by atoms with van der Waals surface area (Å²) < 4.78 is 11.5. The van der Waals surface area contributed by atoms with Gasteiger partial charge < -0.3 is 14.8 Å². The molecule has 2 aromatic carbocycles. The molecule has 0 saturated carbocycles. The summed E-state index contributed by atoms with van der Waals surface area (Å²) in [5, 5.41) is 3.06. The van der Waals surface area contributed by atoms with E-state index in [1.54, 1.807) is 25.5 Å². The molecule has 4 rings (SSSR count).